The fourth-order valence-corrected chi connectivity index (χ4v) is 2.31. The zero-order valence-corrected chi connectivity index (χ0v) is 10.7. The molecule has 1 heterocycles. The zero-order chi connectivity index (χ0) is 14.0. The van der Waals surface area contributed by atoms with Gasteiger partial charge in [-0.15, -0.1) is 0 Å². The van der Waals surface area contributed by atoms with Gasteiger partial charge >= 0.3 is 6.18 Å². The molecule has 19 heavy (non-hydrogen) atoms. The molecule has 0 saturated heterocycles. The van der Waals surface area contributed by atoms with E-state index in [0.717, 1.165) is 17.8 Å². The average molecular weight is 309 g/mol. The first-order chi connectivity index (χ1) is 8.86. The molecule has 1 aromatic heterocycles. The van der Waals surface area contributed by atoms with Crippen molar-refractivity contribution in [2.24, 2.45) is 0 Å². The molecule has 0 unspecified atom stereocenters. The molecule has 1 aromatic carbocycles. The topological polar surface area (TPSA) is 25.8 Å². The molecule has 0 radical (unpaired) electrons. The van der Waals surface area contributed by atoms with E-state index in [2.05, 4.69) is 9.97 Å². The van der Waals surface area contributed by atoms with E-state index in [9.17, 15) is 17.6 Å². The molecular weight excluding hydrogens is 304 g/mol. The van der Waals surface area contributed by atoms with Crippen molar-refractivity contribution >= 4 is 23.4 Å². The van der Waals surface area contributed by atoms with Crippen molar-refractivity contribution in [1.82, 2.24) is 9.97 Å². The summed E-state index contributed by atoms with van der Waals surface area (Å²) in [6.45, 7) is 0. The van der Waals surface area contributed by atoms with Crippen LogP contribution < -0.4 is 0 Å². The number of halogens is 5. The molecule has 0 amide bonds. The first-order valence-corrected chi connectivity index (χ1v) is 6.10. The van der Waals surface area contributed by atoms with Gasteiger partial charge in [-0.3, -0.25) is 0 Å². The highest BCUT2D eigenvalue weighted by Gasteiger charge is 2.33. The van der Waals surface area contributed by atoms with Gasteiger partial charge in [0.05, 0.1) is 0 Å². The summed E-state index contributed by atoms with van der Waals surface area (Å²) in [6.07, 6.45) is -4.63. The van der Waals surface area contributed by atoms with E-state index in [1.54, 1.807) is 6.07 Å². The number of hydrogen-bond donors (Lipinski definition) is 0. The highest BCUT2D eigenvalue weighted by Crippen LogP contribution is 2.33. The number of aromatic nitrogens is 2. The molecular formula is C11H5ClF4N2S. The Morgan fingerprint density at radius 2 is 1.79 bits per heavy atom. The molecule has 0 aliphatic heterocycles. The van der Waals surface area contributed by atoms with Crippen molar-refractivity contribution in [1.29, 1.82) is 0 Å². The molecule has 0 bridgehead atoms. The highest BCUT2D eigenvalue weighted by molar-refractivity contribution is 7.99. The molecule has 8 heteroatoms. The quantitative estimate of drug-likeness (QED) is 0.466. The van der Waals surface area contributed by atoms with Crippen molar-refractivity contribution in [3.63, 3.8) is 0 Å². The van der Waals surface area contributed by atoms with E-state index in [4.69, 9.17) is 11.6 Å². The third-order valence-electron chi connectivity index (χ3n) is 2.02. The third kappa shape index (κ3) is 3.57. The van der Waals surface area contributed by atoms with Crippen LogP contribution in [-0.4, -0.2) is 9.97 Å². The van der Waals surface area contributed by atoms with Crippen molar-refractivity contribution in [2.75, 3.05) is 0 Å². The van der Waals surface area contributed by atoms with Crippen molar-refractivity contribution in [3.05, 3.63) is 47.1 Å². The number of alkyl halides is 3. The maximum Gasteiger partial charge on any atom is 0.433 e. The SMILES string of the molecule is Fc1ccccc1Sc1cc(C(F)(F)F)nc(Cl)n1. The Morgan fingerprint density at radius 1 is 1.11 bits per heavy atom. The fraction of sp³-hybridized carbons (Fsp3) is 0.0909. The third-order valence-corrected chi connectivity index (χ3v) is 3.16. The second-order valence-corrected chi connectivity index (χ2v) is 4.79. The standard InChI is InChI=1S/C11H5ClF4N2S/c12-10-17-8(11(14,15)16)5-9(18-10)19-7-4-2-1-3-6(7)13/h1-5H. The Balaban J connectivity index is 2.36. The lowest BCUT2D eigenvalue weighted by Gasteiger charge is -2.08. The minimum atomic E-state index is -4.63. The molecule has 0 N–H and O–H groups in total. The number of rotatable bonds is 2. The van der Waals surface area contributed by atoms with Crippen LogP contribution >= 0.6 is 23.4 Å². The van der Waals surface area contributed by atoms with Gasteiger partial charge in [-0.2, -0.15) is 13.2 Å². The maximum absolute atomic E-state index is 13.4. The average Bonchev–Trinajstić information content (AvgIpc) is 2.30. The first-order valence-electron chi connectivity index (χ1n) is 4.90. The van der Waals surface area contributed by atoms with Gasteiger partial charge in [0.1, 0.15) is 10.8 Å². The van der Waals surface area contributed by atoms with Gasteiger partial charge < -0.3 is 0 Å². The molecule has 0 fully saturated rings. The van der Waals surface area contributed by atoms with E-state index in [1.807, 2.05) is 0 Å². The molecule has 2 nitrogen and oxygen atoms in total. The van der Waals surface area contributed by atoms with E-state index in [0.29, 0.717) is 0 Å². The first kappa shape index (κ1) is 14.1. The molecule has 0 saturated carbocycles. The minimum Gasteiger partial charge on any atom is -0.213 e. The predicted octanol–water partition coefficient (Wildman–Crippen LogP) is 4.44. The van der Waals surface area contributed by atoms with Gasteiger partial charge in [0.25, 0.3) is 0 Å². The molecule has 0 aliphatic carbocycles. The Morgan fingerprint density at radius 3 is 2.42 bits per heavy atom. The van der Waals surface area contributed by atoms with Gasteiger partial charge in [0.15, 0.2) is 5.69 Å². The van der Waals surface area contributed by atoms with Gasteiger partial charge in [0.2, 0.25) is 5.28 Å². The molecule has 0 aliphatic rings. The largest absolute Gasteiger partial charge is 0.433 e. The lowest BCUT2D eigenvalue weighted by Crippen LogP contribution is -2.09. The number of benzene rings is 1. The van der Waals surface area contributed by atoms with E-state index in [1.165, 1.54) is 18.2 Å². The summed E-state index contributed by atoms with van der Waals surface area (Å²) in [5, 5.41) is -0.605. The van der Waals surface area contributed by atoms with Crippen LogP contribution in [0.4, 0.5) is 17.6 Å². The molecule has 2 aromatic rings. The van der Waals surface area contributed by atoms with Crippen LogP contribution in [-0.2, 0) is 6.18 Å². The van der Waals surface area contributed by atoms with Gasteiger partial charge in [0, 0.05) is 11.0 Å². The lowest BCUT2D eigenvalue weighted by molar-refractivity contribution is -0.141. The predicted molar refractivity (Wildman–Crippen MR) is 62.6 cm³/mol. The molecule has 0 spiro atoms. The van der Waals surface area contributed by atoms with E-state index in [-0.39, 0.29) is 9.92 Å². The second kappa shape index (κ2) is 5.34. The normalized spacial score (nSPS) is 11.6. The molecule has 100 valence electrons. The number of nitrogens with zero attached hydrogens (tertiary/aromatic N) is 2. The van der Waals surface area contributed by atoms with Crippen molar-refractivity contribution < 1.29 is 17.6 Å². The van der Waals surface area contributed by atoms with Gasteiger partial charge in [-0.1, -0.05) is 23.9 Å². The second-order valence-electron chi connectivity index (χ2n) is 3.39. The minimum absolute atomic E-state index is 0.0718. The van der Waals surface area contributed by atoms with Crippen LogP contribution in [0.25, 0.3) is 0 Å². The lowest BCUT2D eigenvalue weighted by atomic mass is 10.3. The van der Waals surface area contributed by atoms with Gasteiger partial charge in [-0.05, 0) is 23.7 Å². The summed E-state index contributed by atoms with van der Waals surface area (Å²) in [4.78, 5) is 6.88. The number of hydrogen-bond acceptors (Lipinski definition) is 3. The Labute approximate surface area is 114 Å². The molecule has 0 atom stereocenters. The summed E-state index contributed by atoms with van der Waals surface area (Å²) < 4.78 is 51.0. The van der Waals surface area contributed by atoms with Crippen LogP contribution in [0.5, 0.6) is 0 Å². The summed E-state index contributed by atoms with van der Waals surface area (Å²) in [7, 11) is 0. The Kier molecular flexibility index (Phi) is 3.96. The smallest absolute Gasteiger partial charge is 0.213 e. The van der Waals surface area contributed by atoms with Gasteiger partial charge in [-0.25, -0.2) is 14.4 Å². The van der Waals surface area contributed by atoms with Crippen LogP contribution in [0, 0.1) is 5.82 Å². The Bertz CT molecular complexity index is 603. The van der Waals surface area contributed by atoms with E-state index < -0.39 is 23.0 Å². The summed E-state index contributed by atoms with van der Waals surface area (Å²) in [6, 6.07) is 6.41. The monoisotopic (exact) mass is 308 g/mol. The highest BCUT2D eigenvalue weighted by atomic mass is 35.5. The van der Waals surface area contributed by atoms with E-state index >= 15 is 0 Å². The van der Waals surface area contributed by atoms with Crippen molar-refractivity contribution in [2.45, 2.75) is 16.1 Å². The molecule has 2 rings (SSSR count). The van der Waals surface area contributed by atoms with Crippen LogP contribution in [0.3, 0.4) is 0 Å². The Hall–Kier alpha value is -1.34. The summed E-state index contributed by atoms with van der Waals surface area (Å²) in [5.41, 5.74) is -1.16. The van der Waals surface area contributed by atoms with Crippen LogP contribution in [0.1, 0.15) is 5.69 Å². The summed E-state index contributed by atoms with van der Waals surface area (Å²) in [5.74, 6) is -0.546. The summed E-state index contributed by atoms with van der Waals surface area (Å²) >= 11 is 6.18. The van der Waals surface area contributed by atoms with Crippen LogP contribution in [0.15, 0.2) is 40.3 Å². The maximum atomic E-state index is 13.4. The van der Waals surface area contributed by atoms with Crippen molar-refractivity contribution in [3.8, 4) is 0 Å². The van der Waals surface area contributed by atoms with Crippen LogP contribution in [0.2, 0.25) is 5.28 Å². The zero-order valence-electron chi connectivity index (χ0n) is 9.08. The fourth-order valence-electron chi connectivity index (χ4n) is 1.23.